The molecule has 0 aromatic heterocycles. The largest absolute Gasteiger partial charge is 0.497 e. The third kappa shape index (κ3) is 4.00. The molecule has 0 bridgehead atoms. The van der Waals surface area contributed by atoms with Crippen LogP contribution in [0.5, 0.6) is 5.75 Å². The fourth-order valence-corrected chi connectivity index (χ4v) is 2.69. The minimum absolute atomic E-state index is 0.230. The van der Waals surface area contributed by atoms with E-state index in [0.717, 1.165) is 18.7 Å². The molecule has 1 heterocycles. The summed E-state index contributed by atoms with van der Waals surface area (Å²) in [7, 11) is 1.67. The van der Waals surface area contributed by atoms with Gasteiger partial charge in [0.05, 0.1) is 20.2 Å². The van der Waals surface area contributed by atoms with Crippen LogP contribution in [-0.2, 0) is 6.42 Å². The molecule has 0 radical (unpaired) electrons. The van der Waals surface area contributed by atoms with Gasteiger partial charge in [0.1, 0.15) is 18.4 Å². The number of likely N-dealkylation sites (tertiary alicyclic amines) is 1. The molecule has 100 valence electrons. The van der Waals surface area contributed by atoms with E-state index in [4.69, 9.17) is 4.74 Å². The highest BCUT2D eigenvalue weighted by atomic mass is 16.5. The van der Waals surface area contributed by atoms with Crippen molar-refractivity contribution in [2.75, 3.05) is 26.7 Å². The van der Waals surface area contributed by atoms with Crippen LogP contribution in [0.3, 0.4) is 0 Å². The number of benzene rings is 1. The number of piperidine rings is 1. The Bertz CT molecular complexity index is 344. The van der Waals surface area contributed by atoms with Crippen LogP contribution >= 0.6 is 0 Å². The van der Waals surface area contributed by atoms with Gasteiger partial charge in [-0.15, -0.1) is 0 Å². The molecule has 1 aliphatic rings. The molecule has 0 amide bonds. The molecule has 3 heteroatoms. The predicted molar refractivity (Wildman–Crippen MR) is 72.1 cm³/mol. The molecule has 1 unspecified atom stereocenters. The summed E-state index contributed by atoms with van der Waals surface area (Å²) in [5, 5.41) is 10.1. The van der Waals surface area contributed by atoms with E-state index >= 15 is 0 Å². The number of rotatable bonds is 5. The fraction of sp³-hybridized carbons (Fsp3) is 0.600. The zero-order chi connectivity index (χ0) is 12.8. The SMILES string of the molecule is COc1ccc(CC(O)C[NH+]2CCCCC2)cc1. The van der Waals surface area contributed by atoms with E-state index < -0.39 is 0 Å². The molecule has 0 aliphatic carbocycles. The smallest absolute Gasteiger partial charge is 0.118 e. The molecule has 1 saturated heterocycles. The van der Waals surface area contributed by atoms with Gasteiger partial charge in [0, 0.05) is 6.42 Å². The van der Waals surface area contributed by atoms with Crippen molar-refractivity contribution in [1.82, 2.24) is 0 Å². The van der Waals surface area contributed by atoms with E-state index in [-0.39, 0.29) is 6.10 Å². The Morgan fingerprint density at radius 1 is 1.17 bits per heavy atom. The molecule has 1 aromatic carbocycles. The van der Waals surface area contributed by atoms with Crippen molar-refractivity contribution in [1.29, 1.82) is 0 Å². The number of hydrogen-bond acceptors (Lipinski definition) is 2. The van der Waals surface area contributed by atoms with Gasteiger partial charge in [-0.1, -0.05) is 12.1 Å². The zero-order valence-corrected chi connectivity index (χ0v) is 11.2. The average Bonchev–Trinajstić information content (AvgIpc) is 2.40. The van der Waals surface area contributed by atoms with E-state index in [1.54, 1.807) is 12.0 Å². The first-order valence-corrected chi connectivity index (χ1v) is 6.92. The van der Waals surface area contributed by atoms with Crippen LogP contribution in [0.15, 0.2) is 24.3 Å². The number of ether oxygens (including phenoxy) is 1. The molecule has 1 aromatic rings. The highest BCUT2D eigenvalue weighted by molar-refractivity contribution is 5.27. The van der Waals surface area contributed by atoms with Crippen LogP contribution in [0.25, 0.3) is 0 Å². The maximum absolute atomic E-state index is 10.1. The van der Waals surface area contributed by atoms with E-state index in [1.165, 1.54) is 37.9 Å². The number of aliphatic hydroxyl groups excluding tert-OH is 1. The molecule has 0 saturated carbocycles. The summed E-state index contributed by atoms with van der Waals surface area (Å²) in [6, 6.07) is 7.98. The number of nitrogens with one attached hydrogen (secondary N) is 1. The Labute approximate surface area is 109 Å². The quantitative estimate of drug-likeness (QED) is 0.805. The Hall–Kier alpha value is -1.06. The third-order valence-corrected chi connectivity index (χ3v) is 3.72. The van der Waals surface area contributed by atoms with Gasteiger partial charge in [-0.05, 0) is 37.0 Å². The maximum atomic E-state index is 10.1. The third-order valence-electron chi connectivity index (χ3n) is 3.72. The number of quaternary nitrogens is 1. The predicted octanol–water partition coefficient (Wildman–Crippen LogP) is 0.667. The Balaban J connectivity index is 1.80. The zero-order valence-electron chi connectivity index (χ0n) is 11.2. The second kappa shape index (κ2) is 6.76. The molecular formula is C15H24NO2+. The van der Waals surface area contributed by atoms with Gasteiger partial charge in [0.15, 0.2) is 0 Å². The average molecular weight is 250 g/mol. The van der Waals surface area contributed by atoms with Gasteiger partial charge in [0.25, 0.3) is 0 Å². The van der Waals surface area contributed by atoms with Crippen LogP contribution in [0.4, 0.5) is 0 Å². The van der Waals surface area contributed by atoms with Crippen LogP contribution in [0.1, 0.15) is 24.8 Å². The van der Waals surface area contributed by atoms with Gasteiger partial charge >= 0.3 is 0 Å². The van der Waals surface area contributed by atoms with Crippen LogP contribution in [0, 0.1) is 0 Å². The molecule has 1 atom stereocenters. The molecule has 2 rings (SSSR count). The second-order valence-electron chi connectivity index (χ2n) is 5.22. The molecule has 1 fully saturated rings. The maximum Gasteiger partial charge on any atom is 0.118 e. The van der Waals surface area contributed by atoms with Crippen molar-refractivity contribution in [2.24, 2.45) is 0 Å². The van der Waals surface area contributed by atoms with Crippen LogP contribution in [0.2, 0.25) is 0 Å². The summed E-state index contributed by atoms with van der Waals surface area (Å²) < 4.78 is 5.13. The van der Waals surface area contributed by atoms with Crippen molar-refractivity contribution in [3.8, 4) is 5.75 Å². The minimum atomic E-state index is -0.230. The number of aliphatic hydroxyl groups is 1. The molecule has 2 N–H and O–H groups in total. The van der Waals surface area contributed by atoms with Crippen molar-refractivity contribution in [2.45, 2.75) is 31.8 Å². The lowest BCUT2D eigenvalue weighted by Crippen LogP contribution is -3.13. The number of hydrogen-bond donors (Lipinski definition) is 2. The summed E-state index contributed by atoms with van der Waals surface area (Å²) >= 11 is 0. The first-order chi connectivity index (χ1) is 8.78. The van der Waals surface area contributed by atoms with Gasteiger partial charge in [-0.2, -0.15) is 0 Å². The first-order valence-electron chi connectivity index (χ1n) is 6.92. The van der Waals surface area contributed by atoms with Gasteiger partial charge in [-0.3, -0.25) is 0 Å². The van der Waals surface area contributed by atoms with E-state index in [9.17, 15) is 5.11 Å². The number of methoxy groups -OCH3 is 1. The highest BCUT2D eigenvalue weighted by Crippen LogP contribution is 2.12. The lowest BCUT2D eigenvalue weighted by atomic mass is 10.1. The molecule has 1 aliphatic heterocycles. The van der Waals surface area contributed by atoms with Crippen molar-refractivity contribution < 1.29 is 14.7 Å². The van der Waals surface area contributed by atoms with Gasteiger partial charge in [-0.25, -0.2) is 0 Å². The normalized spacial score (nSPS) is 18.6. The van der Waals surface area contributed by atoms with Crippen molar-refractivity contribution >= 4 is 0 Å². The summed E-state index contributed by atoms with van der Waals surface area (Å²) in [5.41, 5.74) is 1.18. The van der Waals surface area contributed by atoms with Crippen molar-refractivity contribution in [3.05, 3.63) is 29.8 Å². The molecular weight excluding hydrogens is 226 g/mol. The Morgan fingerprint density at radius 2 is 1.83 bits per heavy atom. The van der Waals surface area contributed by atoms with Gasteiger partial charge in [0.2, 0.25) is 0 Å². The summed E-state index contributed by atoms with van der Waals surface area (Å²) in [4.78, 5) is 1.56. The second-order valence-corrected chi connectivity index (χ2v) is 5.22. The molecule has 18 heavy (non-hydrogen) atoms. The standard InChI is InChI=1S/C15H23NO2/c1-18-15-7-5-13(6-8-15)11-14(17)12-16-9-3-2-4-10-16/h5-8,14,17H,2-4,9-12H2,1H3/p+1. The van der Waals surface area contributed by atoms with E-state index in [0.29, 0.717) is 0 Å². The monoisotopic (exact) mass is 250 g/mol. The minimum Gasteiger partial charge on any atom is -0.497 e. The molecule has 0 spiro atoms. The summed E-state index contributed by atoms with van der Waals surface area (Å²) in [6.45, 7) is 3.32. The fourth-order valence-electron chi connectivity index (χ4n) is 2.69. The van der Waals surface area contributed by atoms with Crippen LogP contribution in [-0.4, -0.2) is 38.0 Å². The van der Waals surface area contributed by atoms with E-state index in [1.807, 2.05) is 24.3 Å². The first kappa shape index (κ1) is 13.4. The Morgan fingerprint density at radius 3 is 2.44 bits per heavy atom. The summed E-state index contributed by atoms with van der Waals surface area (Å²) in [5.74, 6) is 0.870. The van der Waals surface area contributed by atoms with Crippen molar-refractivity contribution in [3.63, 3.8) is 0 Å². The topological polar surface area (TPSA) is 33.9 Å². The van der Waals surface area contributed by atoms with E-state index in [2.05, 4.69) is 0 Å². The summed E-state index contributed by atoms with van der Waals surface area (Å²) in [6.07, 6.45) is 4.49. The highest BCUT2D eigenvalue weighted by Gasteiger charge is 2.17. The Kier molecular flexibility index (Phi) is 5.02. The lowest BCUT2D eigenvalue weighted by Gasteiger charge is -2.25. The lowest BCUT2D eigenvalue weighted by molar-refractivity contribution is -0.907. The van der Waals surface area contributed by atoms with Gasteiger partial charge < -0.3 is 14.7 Å². The molecule has 3 nitrogen and oxygen atoms in total. The van der Waals surface area contributed by atoms with Crippen LogP contribution < -0.4 is 9.64 Å².